The van der Waals surface area contributed by atoms with Crippen molar-refractivity contribution in [3.8, 4) is 0 Å². The molecule has 1 fully saturated rings. The molecule has 2 N–H and O–H groups in total. The molecule has 2 heterocycles. The molecule has 1 aromatic rings. The zero-order chi connectivity index (χ0) is 12.1. The number of aromatic nitrogens is 2. The second-order valence-electron chi connectivity index (χ2n) is 4.05. The predicted octanol–water partition coefficient (Wildman–Crippen LogP) is -0.807. The standard InChI is InChI=1S/C11H17N5O/c12-2-4-15-5-7-16(8-6-15)11(17)10-1-3-13-14-9-10/h1,3,9H,2,4-8,12H2. The predicted molar refractivity (Wildman–Crippen MR) is 63.4 cm³/mol. The van der Waals surface area contributed by atoms with Crippen molar-refractivity contribution in [2.75, 3.05) is 39.3 Å². The number of hydrogen-bond acceptors (Lipinski definition) is 5. The molecule has 1 aliphatic heterocycles. The van der Waals surface area contributed by atoms with Gasteiger partial charge in [-0.15, -0.1) is 0 Å². The molecular weight excluding hydrogens is 218 g/mol. The summed E-state index contributed by atoms with van der Waals surface area (Å²) < 4.78 is 0. The third kappa shape index (κ3) is 2.98. The first-order valence-corrected chi connectivity index (χ1v) is 5.79. The second kappa shape index (κ2) is 5.70. The summed E-state index contributed by atoms with van der Waals surface area (Å²) in [5.74, 6) is 0.0345. The van der Waals surface area contributed by atoms with Gasteiger partial charge in [-0.05, 0) is 6.07 Å². The van der Waals surface area contributed by atoms with Crippen molar-refractivity contribution in [3.63, 3.8) is 0 Å². The van der Waals surface area contributed by atoms with E-state index >= 15 is 0 Å². The Labute approximate surface area is 100 Å². The fourth-order valence-corrected chi connectivity index (χ4v) is 1.96. The minimum Gasteiger partial charge on any atom is -0.336 e. The monoisotopic (exact) mass is 235 g/mol. The van der Waals surface area contributed by atoms with Gasteiger partial charge in [0.1, 0.15) is 0 Å². The number of nitrogens with two attached hydrogens (primary N) is 1. The van der Waals surface area contributed by atoms with Crippen LogP contribution in [0, 0.1) is 0 Å². The Morgan fingerprint density at radius 3 is 2.65 bits per heavy atom. The van der Waals surface area contributed by atoms with Crippen molar-refractivity contribution >= 4 is 5.91 Å². The average molecular weight is 235 g/mol. The van der Waals surface area contributed by atoms with Crippen molar-refractivity contribution in [2.45, 2.75) is 0 Å². The van der Waals surface area contributed by atoms with Crippen LogP contribution >= 0.6 is 0 Å². The van der Waals surface area contributed by atoms with Crippen LogP contribution in [0.2, 0.25) is 0 Å². The van der Waals surface area contributed by atoms with Crippen molar-refractivity contribution in [3.05, 3.63) is 24.0 Å². The number of amides is 1. The summed E-state index contributed by atoms with van der Waals surface area (Å²) in [5.41, 5.74) is 6.11. The molecule has 1 saturated heterocycles. The number of carbonyl (C=O) groups excluding carboxylic acids is 1. The van der Waals surface area contributed by atoms with Gasteiger partial charge in [-0.1, -0.05) is 0 Å². The normalized spacial score (nSPS) is 17.1. The van der Waals surface area contributed by atoms with Gasteiger partial charge in [0.2, 0.25) is 0 Å². The Morgan fingerprint density at radius 2 is 2.06 bits per heavy atom. The zero-order valence-electron chi connectivity index (χ0n) is 9.75. The Kier molecular flexibility index (Phi) is 4.00. The lowest BCUT2D eigenvalue weighted by Gasteiger charge is -2.34. The quantitative estimate of drug-likeness (QED) is 0.742. The van der Waals surface area contributed by atoms with E-state index in [0.717, 1.165) is 32.7 Å². The van der Waals surface area contributed by atoms with Crippen molar-refractivity contribution in [2.24, 2.45) is 5.73 Å². The number of carbonyl (C=O) groups is 1. The third-order valence-electron chi connectivity index (χ3n) is 2.94. The van der Waals surface area contributed by atoms with E-state index < -0.39 is 0 Å². The fourth-order valence-electron chi connectivity index (χ4n) is 1.96. The summed E-state index contributed by atoms with van der Waals surface area (Å²) in [6, 6.07) is 1.70. The third-order valence-corrected chi connectivity index (χ3v) is 2.94. The lowest BCUT2D eigenvalue weighted by Crippen LogP contribution is -2.49. The van der Waals surface area contributed by atoms with Gasteiger partial charge in [0.25, 0.3) is 5.91 Å². The maximum atomic E-state index is 12.1. The summed E-state index contributed by atoms with van der Waals surface area (Å²) in [4.78, 5) is 16.2. The summed E-state index contributed by atoms with van der Waals surface area (Å²) in [7, 11) is 0. The van der Waals surface area contributed by atoms with Gasteiger partial charge in [0.15, 0.2) is 0 Å². The van der Waals surface area contributed by atoms with Crippen LogP contribution in [0.25, 0.3) is 0 Å². The number of rotatable bonds is 3. The minimum atomic E-state index is 0.0345. The molecular formula is C11H17N5O. The first-order chi connectivity index (χ1) is 8.31. The molecule has 1 aromatic heterocycles. The summed E-state index contributed by atoms with van der Waals surface area (Å²) in [5, 5.41) is 7.39. The number of hydrogen-bond donors (Lipinski definition) is 1. The molecule has 0 saturated carbocycles. The van der Waals surface area contributed by atoms with Crippen LogP contribution in [0.1, 0.15) is 10.4 Å². The van der Waals surface area contributed by atoms with E-state index in [-0.39, 0.29) is 5.91 Å². The number of piperazine rings is 1. The van der Waals surface area contributed by atoms with Crippen molar-refractivity contribution < 1.29 is 4.79 Å². The molecule has 17 heavy (non-hydrogen) atoms. The van der Waals surface area contributed by atoms with E-state index in [1.54, 1.807) is 6.07 Å². The first kappa shape index (κ1) is 11.9. The Bertz CT molecular complexity index is 361. The molecule has 1 aliphatic rings. The van der Waals surface area contributed by atoms with E-state index in [9.17, 15) is 4.79 Å². The molecule has 6 nitrogen and oxygen atoms in total. The Hall–Kier alpha value is -1.53. The van der Waals surface area contributed by atoms with Crippen molar-refractivity contribution in [1.82, 2.24) is 20.0 Å². The molecule has 0 radical (unpaired) electrons. The molecule has 0 aromatic carbocycles. The average Bonchev–Trinajstić information content (AvgIpc) is 2.40. The molecule has 92 valence electrons. The largest absolute Gasteiger partial charge is 0.336 e. The lowest BCUT2D eigenvalue weighted by molar-refractivity contribution is 0.0640. The van der Waals surface area contributed by atoms with Crippen LogP contribution in [-0.4, -0.2) is 65.2 Å². The van der Waals surface area contributed by atoms with Gasteiger partial charge < -0.3 is 10.6 Å². The highest BCUT2D eigenvalue weighted by Crippen LogP contribution is 2.06. The highest BCUT2D eigenvalue weighted by molar-refractivity contribution is 5.93. The minimum absolute atomic E-state index is 0.0345. The molecule has 1 amide bonds. The summed E-state index contributed by atoms with van der Waals surface area (Å²) in [6.45, 7) is 4.85. The van der Waals surface area contributed by atoms with E-state index in [0.29, 0.717) is 12.1 Å². The highest BCUT2D eigenvalue weighted by atomic mass is 16.2. The van der Waals surface area contributed by atoms with Crippen molar-refractivity contribution in [1.29, 1.82) is 0 Å². The highest BCUT2D eigenvalue weighted by Gasteiger charge is 2.21. The summed E-state index contributed by atoms with van der Waals surface area (Å²) in [6.07, 6.45) is 3.05. The molecule has 0 spiro atoms. The van der Waals surface area contributed by atoms with Gasteiger partial charge >= 0.3 is 0 Å². The molecule has 0 unspecified atom stereocenters. The van der Waals surface area contributed by atoms with Gasteiger partial charge in [-0.3, -0.25) is 9.69 Å². The number of nitrogens with zero attached hydrogens (tertiary/aromatic N) is 4. The van der Waals surface area contributed by atoms with Crippen LogP contribution in [0.4, 0.5) is 0 Å². The Morgan fingerprint density at radius 1 is 1.29 bits per heavy atom. The molecule has 2 rings (SSSR count). The van der Waals surface area contributed by atoms with Crippen LogP contribution in [-0.2, 0) is 0 Å². The van der Waals surface area contributed by atoms with Crippen LogP contribution in [0.5, 0.6) is 0 Å². The maximum Gasteiger partial charge on any atom is 0.255 e. The molecule has 0 aliphatic carbocycles. The van der Waals surface area contributed by atoms with Gasteiger partial charge in [0, 0.05) is 39.3 Å². The van der Waals surface area contributed by atoms with Gasteiger partial charge in [-0.25, -0.2) is 0 Å². The van der Waals surface area contributed by atoms with E-state index in [1.807, 2.05) is 4.90 Å². The molecule has 0 atom stereocenters. The molecule has 0 bridgehead atoms. The SMILES string of the molecule is NCCN1CCN(C(=O)c2ccnnc2)CC1. The summed E-state index contributed by atoms with van der Waals surface area (Å²) >= 11 is 0. The maximum absolute atomic E-state index is 12.1. The fraction of sp³-hybridized carbons (Fsp3) is 0.545. The topological polar surface area (TPSA) is 75.3 Å². The smallest absolute Gasteiger partial charge is 0.255 e. The van der Waals surface area contributed by atoms with E-state index in [2.05, 4.69) is 15.1 Å². The van der Waals surface area contributed by atoms with Gasteiger partial charge in [0.05, 0.1) is 18.0 Å². The Balaban J connectivity index is 1.91. The second-order valence-corrected chi connectivity index (χ2v) is 4.05. The van der Waals surface area contributed by atoms with Crippen LogP contribution < -0.4 is 5.73 Å². The zero-order valence-corrected chi connectivity index (χ0v) is 9.75. The first-order valence-electron chi connectivity index (χ1n) is 5.79. The van der Waals surface area contributed by atoms with E-state index in [4.69, 9.17) is 5.73 Å². The van der Waals surface area contributed by atoms with Gasteiger partial charge in [-0.2, -0.15) is 10.2 Å². The lowest BCUT2D eigenvalue weighted by atomic mass is 10.2. The van der Waals surface area contributed by atoms with Crippen LogP contribution in [0.3, 0.4) is 0 Å². The molecule has 6 heteroatoms. The van der Waals surface area contributed by atoms with E-state index in [1.165, 1.54) is 12.4 Å². The van der Waals surface area contributed by atoms with Crippen LogP contribution in [0.15, 0.2) is 18.5 Å².